The highest BCUT2D eigenvalue weighted by molar-refractivity contribution is 14.1. The number of furan rings is 1. The first-order valence-corrected chi connectivity index (χ1v) is 8.83. The van der Waals surface area contributed by atoms with E-state index in [2.05, 4.69) is 6.07 Å². The second-order valence-corrected chi connectivity index (χ2v) is 6.80. The van der Waals surface area contributed by atoms with Gasteiger partial charge in [0.2, 0.25) is 0 Å². The Hall–Kier alpha value is -1.82. The molecule has 1 fully saturated rings. The minimum absolute atomic E-state index is 0.368. The van der Waals surface area contributed by atoms with Crippen LogP contribution in [0, 0.1) is 15.1 Å². The first-order valence-electron chi connectivity index (χ1n) is 7.75. The van der Waals surface area contributed by atoms with Gasteiger partial charge in [-0.05, 0) is 53.6 Å². The molecule has 1 aliphatic carbocycles. The van der Waals surface area contributed by atoms with Crippen LogP contribution in [-0.4, -0.2) is 36.0 Å². The Morgan fingerprint density at radius 2 is 2.12 bits per heavy atom. The van der Waals surface area contributed by atoms with Crippen LogP contribution in [0.2, 0.25) is 0 Å². The van der Waals surface area contributed by atoms with Gasteiger partial charge in [-0.1, -0.05) is 19.3 Å². The normalized spacial score (nSPS) is 16.5. The maximum absolute atomic E-state index is 12.2. The van der Waals surface area contributed by atoms with Crippen molar-refractivity contribution in [3.8, 4) is 6.07 Å². The Morgan fingerprint density at radius 1 is 1.42 bits per heavy atom. The van der Waals surface area contributed by atoms with Crippen LogP contribution >= 0.6 is 22.6 Å². The molecule has 1 aromatic rings. The summed E-state index contributed by atoms with van der Waals surface area (Å²) in [5, 5.41) is 9.48. The molecule has 0 N–H and O–H groups in total. The average Bonchev–Trinajstić information content (AvgIpc) is 3.03. The van der Waals surface area contributed by atoms with Gasteiger partial charge < -0.3 is 14.1 Å². The number of ether oxygens (including phenoxy) is 1. The lowest BCUT2D eigenvalue weighted by Gasteiger charge is -2.38. The minimum atomic E-state index is -0.775. The lowest BCUT2D eigenvalue weighted by molar-refractivity contribution is -0.150. The second kappa shape index (κ2) is 8.33. The molecule has 0 spiro atoms. The molecule has 1 amide bonds. The molecule has 0 unspecified atom stereocenters. The molecule has 0 radical (unpaired) electrons. The summed E-state index contributed by atoms with van der Waals surface area (Å²) in [6.45, 7) is -0.376. The average molecular weight is 442 g/mol. The molecule has 0 aliphatic heterocycles. The molecule has 0 bridgehead atoms. The lowest BCUT2D eigenvalue weighted by Crippen LogP contribution is -2.51. The molecule has 1 heterocycles. The zero-order valence-electron chi connectivity index (χ0n) is 13.5. The standard InChI is InChI=1S/C17H19IN2O4/c1-20(17(12-19)9-3-2-4-10-17)15(21)11-23-16(22)8-6-13-5-7-14(18)24-13/h5-8H,2-4,9-11H2,1H3/b8-6+. The first kappa shape index (κ1) is 18.5. The van der Waals surface area contributed by atoms with E-state index in [0.29, 0.717) is 22.4 Å². The van der Waals surface area contributed by atoms with Crippen molar-refractivity contribution in [3.63, 3.8) is 0 Å². The fourth-order valence-electron chi connectivity index (χ4n) is 2.74. The predicted molar refractivity (Wildman–Crippen MR) is 95.6 cm³/mol. The predicted octanol–water partition coefficient (Wildman–Crippen LogP) is 3.13. The number of nitriles is 1. The molecule has 6 nitrogen and oxygen atoms in total. The Labute approximate surface area is 154 Å². The fraction of sp³-hybridized carbons (Fsp3) is 0.471. The molecule has 24 heavy (non-hydrogen) atoms. The molecule has 2 rings (SSSR count). The fourth-order valence-corrected chi connectivity index (χ4v) is 3.18. The molecular formula is C17H19IN2O4. The van der Waals surface area contributed by atoms with Gasteiger partial charge in [0, 0.05) is 13.1 Å². The van der Waals surface area contributed by atoms with Crippen molar-refractivity contribution in [3.05, 3.63) is 27.7 Å². The van der Waals surface area contributed by atoms with E-state index < -0.39 is 11.5 Å². The van der Waals surface area contributed by atoms with E-state index in [-0.39, 0.29) is 12.5 Å². The molecule has 0 saturated heterocycles. The van der Waals surface area contributed by atoms with E-state index >= 15 is 0 Å². The van der Waals surface area contributed by atoms with Gasteiger partial charge in [-0.2, -0.15) is 5.26 Å². The lowest BCUT2D eigenvalue weighted by atomic mass is 9.81. The van der Waals surface area contributed by atoms with Crippen LogP contribution in [0.1, 0.15) is 37.9 Å². The van der Waals surface area contributed by atoms with Crippen LogP contribution in [-0.2, 0) is 14.3 Å². The first-order chi connectivity index (χ1) is 11.5. The number of amides is 1. The number of hydrogen-bond donors (Lipinski definition) is 0. The van der Waals surface area contributed by atoms with E-state index in [4.69, 9.17) is 9.15 Å². The van der Waals surface area contributed by atoms with Crippen molar-refractivity contribution in [1.82, 2.24) is 4.90 Å². The number of carbonyl (C=O) groups is 2. The SMILES string of the molecule is CN(C(=O)COC(=O)/C=C/c1ccc(I)o1)C1(C#N)CCCCC1. The third kappa shape index (κ3) is 4.60. The van der Waals surface area contributed by atoms with Gasteiger partial charge in [0.1, 0.15) is 11.3 Å². The van der Waals surface area contributed by atoms with Gasteiger partial charge in [0.15, 0.2) is 10.4 Å². The minimum Gasteiger partial charge on any atom is -0.452 e. The van der Waals surface area contributed by atoms with Gasteiger partial charge in [0.05, 0.1) is 6.07 Å². The third-order valence-electron chi connectivity index (χ3n) is 4.22. The van der Waals surface area contributed by atoms with Crippen molar-refractivity contribution in [2.75, 3.05) is 13.7 Å². The monoisotopic (exact) mass is 442 g/mol. The van der Waals surface area contributed by atoms with E-state index in [1.165, 1.54) is 17.1 Å². The number of esters is 1. The van der Waals surface area contributed by atoms with Crippen molar-refractivity contribution in [2.45, 2.75) is 37.6 Å². The Morgan fingerprint density at radius 3 is 2.71 bits per heavy atom. The van der Waals surface area contributed by atoms with Gasteiger partial charge in [0.25, 0.3) is 5.91 Å². The summed E-state index contributed by atoms with van der Waals surface area (Å²) in [6, 6.07) is 5.77. The molecule has 7 heteroatoms. The van der Waals surface area contributed by atoms with Crippen molar-refractivity contribution in [1.29, 1.82) is 5.26 Å². The van der Waals surface area contributed by atoms with Crippen LogP contribution in [0.3, 0.4) is 0 Å². The quantitative estimate of drug-likeness (QED) is 0.398. The van der Waals surface area contributed by atoms with Gasteiger partial charge >= 0.3 is 5.97 Å². The van der Waals surface area contributed by atoms with Crippen LogP contribution in [0.25, 0.3) is 6.08 Å². The number of hydrogen-bond acceptors (Lipinski definition) is 5. The number of likely N-dealkylation sites (N-methyl/N-ethyl adjacent to an activating group) is 1. The zero-order valence-corrected chi connectivity index (χ0v) is 15.6. The van der Waals surface area contributed by atoms with Crippen molar-refractivity contribution in [2.24, 2.45) is 0 Å². The topological polar surface area (TPSA) is 83.5 Å². The molecule has 1 aliphatic rings. The van der Waals surface area contributed by atoms with E-state index in [1.54, 1.807) is 19.2 Å². The Bertz CT molecular complexity index is 668. The zero-order chi connectivity index (χ0) is 17.6. The van der Waals surface area contributed by atoms with Gasteiger partial charge in [-0.15, -0.1) is 0 Å². The highest BCUT2D eigenvalue weighted by Gasteiger charge is 2.38. The van der Waals surface area contributed by atoms with Gasteiger partial charge in [-0.25, -0.2) is 4.79 Å². The third-order valence-corrected chi connectivity index (χ3v) is 4.80. The summed E-state index contributed by atoms with van der Waals surface area (Å²) >= 11 is 2.02. The van der Waals surface area contributed by atoms with Crippen molar-refractivity contribution < 1.29 is 18.7 Å². The van der Waals surface area contributed by atoms with Crippen LogP contribution in [0.4, 0.5) is 0 Å². The van der Waals surface area contributed by atoms with E-state index in [0.717, 1.165) is 19.3 Å². The summed E-state index contributed by atoms with van der Waals surface area (Å²) in [4.78, 5) is 25.4. The summed E-state index contributed by atoms with van der Waals surface area (Å²) in [7, 11) is 1.60. The maximum atomic E-state index is 12.2. The smallest absolute Gasteiger partial charge is 0.331 e. The maximum Gasteiger partial charge on any atom is 0.331 e. The molecule has 0 atom stereocenters. The molecular weight excluding hydrogens is 423 g/mol. The second-order valence-electron chi connectivity index (χ2n) is 5.74. The number of nitrogens with zero attached hydrogens (tertiary/aromatic N) is 2. The summed E-state index contributed by atoms with van der Waals surface area (Å²) < 4.78 is 11.0. The van der Waals surface area contributed by atoms with E-state index in [9.17, 15) is 14.9 Å². The van der Waals surface area contributed by atoms with Gasteiger partial charge in [-0.3, -0.25) is 4.79 Å². The summed E-state index contributed by atoms with van der Waals surface area (Å²) in [6.07, 6.45) is 6.95. The highest BCUT2D eigenvalue weighted by Crippen LogP contribution is 2.32. The number of rotatable bonds is 5. The Kier molecular flexibility index (Phi) is 6.43. The van der Waals surface area contributed by atoms with Crippen LogP contribution in [0.5, 0.6) is 0 Å². The Balaban J connectivity index is 1.86. The highest BCUT2D eigenvalue weighted by atomic mass is 127. The van der Waals surface area contributed by atoms with Crippen molar-refractivity contribution >= 4 is 40.5 Å². The molecule has 0 aromatic carbocycles. The number of carbonyl (C=O) groups excluding carboxylic acids is 2. The number of halogens is 1. The molecule has 1 aromatic heterocycles. The summed E-state index contributed by atoms with van der Waals surface area (Å²) in [5.41, 5.74) is -0.775. The van der Waals surface area contributed by atoms with Crippen LogP contribution in [0.15, 0.2) is 22.6 Å². The summed E-state index contributed by atoms with van der Waals surface area (Å²) in [5.74, 6) is -0.462. The molecule has 128 valence electrons. The van der Waals surface area contributed by atoms with Crippen LogP contribution < -0.4 is 0 Å². The largest absolute Gasteiger partial charge is 0.452 e. The molecule has 1 saturated carbocycles. The van der Waals surface area contributed by atoms with E-state index in [1.807, 2.05) is 22.6 Å².